The lowest BCUT2D eigenvalue weighted by atomic mass is 10.0. The molecule has 0 saturated carbocycles. The smallest absolute Gasteiger partial charge is 0.128 e. The van der Waals surface area contributed by atoms with Gasteiger partial charge < -0.3 is 9.80 Å². The molecular formula is C21H20N2. The standard InChI is InChI=1S/C21H20N2/c1-22-20-15-9-8-12-18(20)16-23(19-13-6-3-7-14-19)21(22)17-10-4-2-5-11-17/h2-15,21H,16H2,1H3. The van der Waals surface area contributed by atoms with Crippen LogP contribution in [-0.2, 0) is 6.54 Å². The number of para-hydroxylation sites is 2. The molecule has 4 rings (SSSR count). The van der Waals surface area contributed by atoms with Gasteiger partial charge in [-0.2, -0.15) is 0 Å². The zero-order valence-electron chi connectivity index (χ0n) is 13.3. The molecule has 0 radical (unpaired) electrons. The number of fused-ring (bicyclic) bond motifs is 1. The molecule has 0 saturated heterocycles. The third kappa shape index (κ3) is 2.46. The van der Waals surface area contributed by atoms with Crippen LogP contribution >= 0.6 is 0 Å². The molecule has 1 aliphatic heterocycles. The van der Waals surface area contributed by atoms with Crippen LogP contribution in [0.5, 0.6) is 0 Å². The van der Waals surface area contributed by atoms with E-state index in [2.05, 4.69) is 102 Å². The molecule has 3 aromatic carbocycles. The average molecular weight is 300 g/mol. The predicted molar refractivity (Wildman–Crippen MR) is 96.7 cm³/mol. The van der Waals surface area contributed by atoms with Gasteiger partial charge in [0.05, 0.1) is 0 Å². The summed E-state index contributed by atoms with van der Waals surface area (Å²) in [6, 6.07) is 30.1. The van der Waals surface area contributed by atoms with Gasteiger partial charge in [-0.05, 0) is 29.3 Å². The maximum absolute atomic E-state index is 2.47. The van der Waals surface area contributed by atoms with Gasteiger partial charge in [0.1, 0.15) is 6.17 Å². The molecule has 23 heavy (non-hydrogen) atoms. The third-order valence-electron chi connectivity index (χ3n) is 4.56. The molecule has 0 N–H and O–H groups in total. The Labute approximate surface area is 137 Å². The van der Waals surface area contributed by atoms with Crippen molar-refractivity contribution in [2.24, 2.45) is 0 Å². The second kappa shape index (κ2) is 5.81. The molecule has 0 aliphatic carbocycles. The lowest BCUT2D eigenvalue weighted by molar-refractivity contribution is 0.579. The first-order valence-electron chi connectivity index (χ1n) is 8.02. The largest absolute Gasteiger partial charge is 0.350 e. The Morgan fingerprint density at radius 2 is 1.35 bits per heavy atom. The number of rotatable bonds is 2. The van der Waals surface area contributed by atoms with E-state index in [1.54, 1.807) is 0 Å². The second-order valence-electron chi connectivity index (χ2n) is 5.99. The highest BCUT2D eigenvalue weighted by Crippen LogP contribution is 2.40. The van der Waals surface area contributed by atoms with E-state index in [-0.39, 0.29) is 6.17 Å². The summed E-state index contributed by atoms with van der Waals surface area (Å²) in [5, 5.41) is 0. The number of nitrogens with zero attached hydrogens (tertiary/aromatic N) is 2. The zero-order chi connectivity index (χ0) is 15.6. The van der Waals surface area contributed by atoms with Gasteiger partial charge in [-0.3, -0.25) is 0 Å². The van der Waals surface area contributed by atoms with Crippen LogP contribution in [0.4, 0.5) is 11.4 Å². The molecule has 0 spiro atoms. The number of hydrogen-bond acceptors (Lipinski definition) is 2. The SMILES string of the molecule is CN1c2ccccc2CN(c2ccccc2)C1c1ccccc1. The van der Waals surface area contributed by atoms with Crippen LogP contribution < -0.4 is 9.80 Å². The minimum atomic E-state index is 0.202. The molecule has 3 aromatic rings. The molecular weight excluding hydrogens is 280 g/mol. The summed E-state index contributed by atoms with van der Waals surface area (Å²) in [5.74, 6) is 0. The van der Waals surface area contributed by atoms with Crippen LogP contribution in [0.25, 0.3) is 0 Å². The lowest BCUT2D eigenvalue weighted by Gasteiger charge is -2.45. The Morgan fingerprint density at radius 1 is 0.739 bits per heavy atom. The number of benzene rings is 3. The van der Waals surface area contributed by atoms with E-state index in [9.17, 15) is 0 Å². The molecule has 1 aliphatic rings. The van der Waals surface area contributed by atoms with Crippen molar-refractivity contribution in [1.29, 1.82) is 0 Å². The molecule has 1 atom stereocenters. The first kappa shape index (κ1) is 13.9. The topological polar surface area (TPSA) is 6.48 Å². The van der Waals surface area contributed by atoms with Gasteiger partial charge in [-0.1, -0.05) is 66.7 Å². The van der Waals surface area contributed by atoms with Gasteiger partial charge in [0.25, 0.3) is 0 Å². The summed E-state index contributed by atoms with van der Waals surface area (Å²) in [6.45, 7) is 0.921. The van der Waals surface area contributed by atoms with E-state index in [4.69, 9.17) is 0 Å². The van der Waals surface area contributed by atoms with Crippen molar-refractivity contribution in [3.63, 3.8) is 0 Å². The van der Waals surface area contributed by atoms with Gasteiger partial charge >= 0.3 is 0 Å². The Morgan fingerprint density at radius 3 is 2.09 bits per heavy atom. The predicted octanol–water partition coefficient (Wildman–Crippen LogP) is 4.84. The third-order valence-corrected chi connectivity index (χ3v) is 4.56. The monoisotopic (exact) mass is 300 g/mol. The van der Waals surface area contributed by atoms with Crippen LogP contribution in [0, 0.1) is 0 Å². The van der Waals surface area contributed by atoms with Crippen LogP contribution in [0.3, 0.4) is 0 Å². The number of anilines is 2. The molecule has 0 amide bonds. The van der Waals surface area contributed by atoms with E-state index < -0.39 is 0 Å². The van der Waals surface area contributed by atoms with Crippen molar-refractivity contribution in [3.8, 4) is 0 Å². The van der Waals surface area contributed by atoms with Crippen molar-refractivity contribution in [3.05, 3.63) is 96.1 Å². The maximum atomic E-state index is 2.47. The highest BCUT2D eigenvalue weighted by Gasteiger charge is 2.31. The van der Waals surface area contributed by atoms with E-state index in [0.717, 1.165) is 6.54 Å². The molecule has 0 aromatic heterocycles. The van der Waals surface area contributed by atoms with Crippen LogP contribution in [-0.4, -0.2) is 7.05 Å². The molecule has 1 unspecified atom stereocenters. The van der Waals surface area contributed by atoms with E-state index in [1.165, 1.54) is 22.5 Å². The fraction of sp³-hybridized carbons (Fsp3) is 0.143. The molecule has 2 nitrogen and oxygen atoms in total. The van der Waals surface area contributed by atoms with Crippen molar-refractivity contribution >= 4 is 11.4 Å². The summed E-state index contributed by atoms with van der Waals surface area (Å²) < 4.78 is 0. The Kier molecular flexibility index (Phi) is 3.51. The van der Waals surface area contributed by atoms with Gasteiger partial charge in [0, 0.05) is 25.0 Å². The highest BCUT2D eigenvalue weighted by atomic mass is 15.4. The van der Waals surface area contributed by atoms with Gasteiger partial charge in [-0.15, -0.1) is 0 Å². The first-order chi connectivity index (χ1) is 11.3. The molecule has 114 valence electrons. The maximum Gasteiger partial charge on any atom is 0.128 e. The van der Waals surface area contributed by atoms with Crippen molar-refractivity contribution < 1.29 is 0 Å². The fourth-order valence-corrected chi connectivity index (χ4v) is 3.48. The summed E-state index contributed by atoms with van der Waals surface area (Å²) >= 11 is 0. The number of hydrogen-bond donors (Lipinski definition) is 0. The Bertz CT molecular complexity index is 783. The van der Waals surface area contributed by atoms with Crippen LogP contribution in [0.1, 0.15) is 17.3 Å². The first-order valence-corrected chi connectivity index (χ1v) is 8.02. The van der Waals surface area contributed by atoms with Crippen molar-refractivity contribution in [2.45, 2.75) is 12.7 Å². The van der Waals surface area contributed by atoms with Gasteiger partial charge in [0.15, 0.2) is 0 Å². The molecule has 0 fully saturated rings. The minimum Gasteiger partial charge on any atom is -0.350 e. The van der Waals surface area contributed by atoms with Crippen molar-refractivity contribution in [1.82, 2.24) is 0 Å². The van der Waals surface area contributed by atoms with Crippen LogP contribution in [0.2, 0.25) is 0 Å². The molecule has 2 heteroatoms. The molecule has 0 bridgehead atoms. The quantitative estimate of drug-likeness (QED) is 0.668. The summed E-state index contributed by atoms with van der Waals surface area (Å²) in [4.78, 5) is 4.85. The Hall–Kier alpha value is -2.74. The Balaban J connectivity index is 1.85. The summed E-state index contributed by atoms with van der Waals surface area (Å²) in [5.41, 5.74) is 5.25. The second-order valence-corrected chi connectivity index (χ2v) is 5.99. The minimum absolute atomic E-state index is 0.202. The van der Waals surface area contributed by atoms with E-state index >= 15 is 0 Å². The van der Waals surface area contributed by atoms with E-state index in [1.807, 2.05) is 0 Å². The average Bonchev–Trinajstić information content (AvgIpc) is 2.63. The van der Waals surface area contributed by atoms with Gasteiger partial charge in [-0.25, -0.2) is 0 Å². The normalized spacial score (nSPS) is 17.0. The lowest BCUT2D eigenvalue weighted by Crippen LogP contribution is -2.43. The van der Waals surface area contributed by atoms with E-state index in [0.29, 0.717) is 0 Å². The zero-order valence-corrected chi connectivity index (χ0v) is 13.3. The summed E-state index contributed by atoms with van der Waals surface area (Å²) in [7, 11) is 2.19. The van der Waals surface area contributed by atoms with Gasteiger partial charge in [0.2, 0.25) is 0 Å². The fourth-order valence-electron chi connectivity index (χ4n) is 3.48. The summed E-state index contributed by atoms with van der Waals surface area (Å²) in [6.07, 6.45) is 0.202. The van der Waals surface area contributed by atoms with Crippen LogP contribution in [0.15, 0.2) is 84.9 Å². The van der Waals surface area contributed by atoms with Crippen molar-refractivity contribution in [2.75, 3.05) is 16.8 Å². The highest BCUT2D eigenvalue weighted by molar-refractivity contribution is 5.63. The molecule has 1 heterocycles.